The molecule has 0 spiro atoms. The molecule has 2 aromatic heterocycles. The van der Waals surface area contributed by atoms with E-state index in [-0.39, 0.29) is 5.69 Å². The van der Waals surface area contributed by atoms with Crippen LogP contribution in [0.2, 0.25) is 0 Å². The molecule has 0 saturated carbocycles. The largest absolute Gasteiger partial charge is 0.422 e. The van der Waals surface area contributed by atoms with E-state index in [1.807, 2.05) is 32.0 Å². The number of aryl methyl sites for hydroxylation is 3. The van der Waals surface area contributed by atoms with E-state index in [0.717, 1.165) is 16.8 Å². The van der Waals surface area contributed by atoms with Crippen LogP contribution in [-0.2, 0) is 0 Å². The number of nitro benzene ring substituents is 1. The van der Waals surface area contributed by atoms with Crippen molar-refractivity contribution >= 4 is 27.6 Å². The summed E-state index contributed by atoms with van der Waals surface area (Å²) in [5.74, 6) is 0. The third-order valence-electron chi connectivity index (χ3n) is 4.35. The first-order valence-electron chi connectivity index (χ1n) is 8.04. The molecule has 2 heterocycles. The normalized spacial score (nSPS) is 11.3. The van der Waals surface area contributed by atoms with E-state index in [9.17, 15) is 14.9 Å². The highest BCUT2D eigenvalue weighted by Crippen LogP contribution is 2.30. The minimum atomic E-state index is -0.505. The van der Waals surface area contributed by atoms with Gasteiger partial charge < -0.3 is 4.42 Å². The first kappa shape index (κ1) is 16.0. The van der Waals surface area contributed by atoms with Crippen molar-refractivity contribution in [1.29, 1.82) is 0 Å². The molecule has 0 aliphatic rings. The number of hydrogen-bond donors (Lipinski definition) is 0. The molecular weight excluding hydrogens is 334 g/mol. The van der Waals surface area contributed by atoms with Crippen LogP contribution < -0.4 is 5.63 Å². The lowest BCUT2D eigenvalue weighted by molar-refractivity contribution is -0.384. The van der Waals surface area contributed by atoms with Gasteiger partial charge in [-0.05, 0) is 50.1 Å². The third kappa shape index (κ3) is 2.36. The summed E-state index contributed by atoms with van der Waals surface area (Å²) in [6, 6.07) is 10.1. The zero-order valence-corrected chi connectivity index (χ0v) is 14.4. The Morgan fingerprint density at radius 3 is 2.42 bits per heavy atom. The highest BCUT2D eigenvalue weighted by molar-refractivity contribution is 6.04. The average molecular weight is 349 g/mol. The van der Waals surface area contributed by atoms with Gasteiger partial charge >= 0.3 is 5.63 Å². The van der Waals surface area contributed by atoms with Crippen LogP contribution in [0.4, 0.5) is 5.69 Å². The summed E-state index contributed by atoms with van der Waals surface area (Å²) < 4.78 is 7.02. The van der Waals surface area contributed by atoms with E-state index in [1.165, 1.54) is 18.2 Å². The summed E-state index contributed by atoms with van der Waals surface area (Å²) in [4.78, 5) is 23.2. The van der Waals surface area contributed by atoms with Gasteiger partial charge in [-0.3, -0.25) is 10.1 Å². The molecule has 26 heavy (non-hydrogen) atoms. The predicted octanol–water partition coefficient (Wildman–Crippen LogP) is 3.97. The van der Waals surface area contributed by atoms with Gasteiger partial charge in [-0.1, -0.05) is 6.07 Å². The molecule has 0 fully saturated rings. The van der Waals surface area contributed by atoms with Crippen molar-refractivity contribution in [2.75, 3.05) is 0 Å². The van der Waals surface area contributed by atoms with Gasteiger partial charge in [0.25, 0.3) is 5.69 Å². The van der Waals surface area contributed by atoms with Crippen LogP contribution in [-0.4, -0.2) is 14.7 Å². The molecule has 2 aromatic carbocycles. The Hall–Kier alpha value is -3.48. The van der Waals surface area contributed by atoms with Gasteiger partial charge in [0.1, 0.15) is 11.0 Å². The zero-order valence-electron chi connectivity index (χ0n) is 14.4. The van der Waals surface area contributed by atoms with Gasteiger partial charge in [-0.2, -0.15) is 5.10 Å². The second-order valence-corrected chi connectivity index (χ2v) is 6.39. The minimum Gasteiger partial charge on any atom is -0.422 e. The van der Waals surface area contributed by atoms with Crippen LogP contribution in [0.3, 0.4) is 0 Å². The Morgan fingerprint density at radius 1 is 1.08 bits per heavy atom. The summed E-state index contributed by atoms with van der Waals surface area (Å²) in [6.45, 7) is 5.68. The second-order valence-electron chi connectivity index (χ2n) is 6.39. The van der Waals surface area contributed by atoms with Crippen molar-refractivity contribution in [3.05, 3.63) is 73.8 Å². The molecular formula is C19H15N3O4. The summed E-state index contributed by atoms with van der Waals surface area (Å²) in [7, 11) is 0. The van der Waals surface area contributed by atoms with Gasteiger partial charge in [0.15, 0.2) is 0 Å². The third-order valence-corrected chi connectivity index (χ3v) is 4.35. The monoisotopic (exact) mass is 349 g/mol. The quantitative estimate of drug-likeness (QED) is 0.310. The van der Waals surface area contributed by atoms with Gasteiger partial charge in [0.2, 0.25) is 0 Å². The molecule has 0 unspecified atom stereocenters. The molecule has 0 saturated heterocycles. The van der Waals surface area contributed by atoms with Crippen molar-refractivity contribution in [3.63, 3.8) is 0 Å². The second kappa shape index (κ2) is 5.52. The molecule has 0 bridgehead atoms. The zero-order chi connectivity index (χ0) is 18.6. The molecule has 0 amide bonds. The predicted molar refractivity (Wildman–Crippen MR) is 98.0 cm³/mol. The molecule has 0 N–H and O–H groups in total. The van der Waals surface area contributed by atoms with Crippen molar-refractivity contribution in [1.82, 2.24) is 9.78 Å². The Balaban J connectivity index is 2.20. The van der Waals surface area contributed by atoms with Crippen molar-refractivity contribution in [3.8, 4) is 5.69 Å². The van der Waals surface area contributed by atoms with E-state index in [0.29, 0.717) is 27.6 Å². The van der Waals surface area contributed by atoms with Gasteiger partial charge in [-0.25, -0.2) is 9.48 Å². The lowest BCUT2D eigenvalue weighted by Crippen LogP contribution is -2.02. The molecule has 4 aromatic rings. The maximum absolute atomic E-state index is 12.5. The fourth-order valence-corrected chi connectivity index (χ4v) is 3.34. The fraction of sp³-hybridized carbons (Fsp3) is 0.158. The first-order valence-corrected chi connectivity index (χ1v) is 8.04. The minimum absolute atomic E-state index is 0.0709. The summed E-state index contributed by atoms with van der Waals surface area (Å²) in [6.07, 6.45) is 0. The number of fused-ring (bicyclic) bond motifs is 3. The molecule has 0 radical (unpaired) electrons. The number of nitro groups is 1. The number of hydrogen-bond acceptors (Lipinski definition) is 5. The Morgan fingerprint density at radius 2 is 1.77 bits per heavy atom. The van der Waals surface area contributed by atoms with Crippen molar-refractivity contribution in [2.24, 2.45) is 0 Å². The number of aromatic nitrogens is 2. The molecule has 0 aliphatic carbocycles. The fourth-order valence-electron chi connectivity index (χ4n) is 3.34. The molecule has 7 nitrogen and oxygen atoms in total. The molecule has 4 rings (SSSR count). The lowest BCUT2D eigenvalue weighted by Gasteiger charge is -2.08. The molecule has 7 heteroatoms. The smallest absolute Gasteiger partial charge is 0.347 e. The molecule has 130 valence electrons. The number of nitrogens with zero attached hydrogens (tertiary/aromatic N) is 3. The standard InChI is InChI=1S/C19H15N3O4/c1-10-6-11(2)8-14(7-10)21-18-15-9-13(22(24)25)4-5-16(15)26-19(23)17(18)12(3)20-21/h4-9H,1-3H3. The van der Waals surface area contributed by atoms with Gasteiger partial charge in [0, 0.05) is 12.1 Å². The average Bonchev–Trinajstić information content (AvgIpc) is 2.92. The maximum Gasteiger partial charge on any atom is 0.347 e. The van der Waals surface area contributed by atoms with Crippen LogP contribution in [0.5, 0.6) is 0 Å². The number of rotatable bonds is 2. The van der Waals surface area contributed by atoms with Gasteiger partial charge in [0.05, 0.1) is 27.2 Å². The van der Waals surface area contributed by atoms with Crippen LogP contribution in [0.1, 0.15) is 16.8 Å². The maximum atomic E-state index is 12.5. The molecule has 0 atom stereocenters. The van der Waals surface area contributed by atoms with Crippen molar-refractivity contribution < 1.29 is 9.34 Å². The summed E-state index contributed by atoms with van der Waals surface area (Å²) in [5.41, 5.74) is 3.65. The molecule has 0 aliphatic heterocycles. The SMILES string of the molecule is Cc1cc(C)cc(-n2nc(C)c3c(=O)oc4ccc([N+](=O)[O-])cc4c32)c1. The van der Waals surface area contributed by atoms with Crippen LogP contribution in [0.15, 0.2) is 45.6 Å². The topological polar surface area (TPSA) is 91.2 Å². The first-order chi connectivity index (χ1) is 12.3. The van der Waals surface area contributed by atoms with E-state index in [2.05, 4.69) is 5.10 Å². The summed E-state index contributed by atoms with van der Waals surface area (Å²) >= 11 is 0. The van der Waals surface area contributed by atoms with Crippen LogP contribution >= 0.6 is 0 Å². The van der Waals surface area contributed by atoms with E-state index in [1.54, 1.807) is 11.6 Å². The summed E-state index contributed by atoms with van der Waals surface area (Å²) in [5, 5.41) is 16.5. The number of non-ortho nitro benzene ring substituents is 1. The van der Waals surface area contributed by atoms with E-state index in [4.69, 9.17) is 4.42 Å². The Bertz CT molecular complexity index is 1250. The Labute approximate surface area is 147 Å². The highest BCUT2D eigenvalue weighted by Gasteiger charge is 2.20. The van der Waals surface area contributed by atoms with Crippen LogP contribution in [0.25, 0.3) is 27.6 Å². The van der Waals surface area contributed by atoms with E-state index < -0.39 is 10.5 Å². The Kier molecular flexibility index (Phi) is 3.40. The van der Waals surface area contributed by atoms with Crippen molar-refractivity contribution in [2.45, 2.75) is 20.8 Å². The van der Waals surface area contributed by atoms with Crippen LogP contribution in [0, 0.1) is 30.9 Å². The highest BCUT2D eigenvalue weighted by atomic mass is 16.6. The lowest BCUT2D eigenvalue weighted by atomic mass is 10.1. The number of benzene rings is 2. The van der Waals surface area contributed by atoms with E-state index >= 15 is 0 Å². The van der Waals surface area contributed by atoms with Gasteiger partial charge in [-0.15, -0.1) is 0 Å².